The Morgan fingerprint density at radius 3 is 2.80 bits per heavy atom. The zero-order valence-corrected chi connectivity index (χ0v) is 10.4. The van der Waals surface area contributed by atoms with Gasteiger partial charge >= 0.3 is 0 Å². The van der Waals surface area contributed by atoms with E-state index in [1.165, 1.54) is 11.0 Å². The number of carbonyl (C=O) groups excluding carboxylic acids is 1. The Morgan fingerprint density at radius 1 is 1.30 bits per heavy atom. The van der Waals surface area contributed by atoms with Crippen molar-refractivity contribution < 1.29 is 4.79 Å². The van der Waals surface area contributed by atoms with Gasteiger partial charge in [-0.3, -0.25) is 9.48 Å². The lowest BCUT2D eigenvalue weighted by molar-refractivity contribution is -0.116. The quantitative estimate of drug-likeness (QED) is 0.889. The molecule has 1 N–H and O–H groups in total. The van der Waals surface area contributed by atoms with E-state index in [-0.39, 0.29) is 18.2 Å². The minimum Gasteiger partial charge on any atom is -0.325 e. The molecule has 0 saturated heterocycles. The van der Waals surface area contributed by atoms with Gasteiger partial charge in [0, 0.05) is 6.42 Å². The van der Waals surface area contributed by atoms with Gasteiger partial charge in [-0.25, -0.2) is 4.98 Å². The first kappa shape index (κ1) is 13.2. The van der Waals surface area contributed by atoms with Crippen LogP contribution in [0, 0.1) is 22.7 Å². The summed E-state index contributed by atoms with van der Waals surface area (Å²) >= 11 is 0. The van der Waals surface area contributed by atoms with E-state index in [0.29, 0.717) is 17.8 Å². The van der Waals surface area contributed by atoms with Gasteiger partial charge in [0.15, 0.2) is 0 Å². The number of nitrogens with zero attached hydrogens (tertiary/aromatic N) is 5. The number of para-hydroxylation sites is 1. The Kier molecular flexibility index (Phi) is 4.05. The summed E-state index contributed by atoms with van der Waals surface area (Å²) in [4.78, 5) is 15.5. The number of anilines is 1. The second-order valence-electron chi connectivity index (χ2n) is 3.90. The van der Waals surface area contributed by atoms with Crippen molar-refractivity contribution in [1.82, 2.24) is 14.8 Å². The Bertz CT molecular complexity index is 706. The second-order valence-corrected chi connectivity index (χ2v) is 3.90. The maximum absolute atomic E-state index is 11.8. The van der Waals surface area contributed by atoms with Crippen molar-refractivity contribution in [3.63, 3.8) is 0 Å². The van der Waals surface area contributed by atoms with E-state index in [1.54, 1.807) is 24.3 Å². The molecule has 0 aliphatic carbocycles. The fourth-order valence-corrected chi connectivity index (χ4v) is 1.57. The Morgan fingerprint density at radius 2 is 2.10 bits per heavy atom. The molecule has 2 rings (SSSR count). The summed E-state index contributed by atoms with van der Waals surface area (Å²) in [7, 11) is 0. The molecule has 1 aromatic carbocycles. The minimum atomic E-state index is -0.235. The fourth-order valence-electron chi connectivity index (χ4n) is 1.57. The van der Waals surface area contributed by atoms with Crippen molar-refractivity contribution >= 4 is 11.6 Å². The number of rotatable bonds is 4. The number of hydrogen-bond donors (Lipinski definition) is 1. The molecule has 0 saturated carbocycles. The highest BCUT2D eigenvalue weighted by atomic mass is 16.1. The van der Waals surface area contributed by atoms with E-state index in [0.717, 1.165) is 0 Å². The number of carbonyl (C=O) groups is 1. The van der Waals surface area contributed by atoms with Crippen LogP contribution >= 0.6 is 0 Å². The van der Waals surface area contributed by atoms with Gasteiger partial charge in [0.05, 0.1) is 17.8 Å². The summed E-state index contributed by atoms with van der Waals surface area (Å²) in [6.45, 7) is 0.315. The topological polar surface area (TPSA) is 107 Å². The predicted molar refractivity (Wildman–Crippen MR) is 69.1 cm³/mol. The van der Waals surface area contributed by atoms with Crippen LogP contribution in [0.25, 0.3) is 0 Å². The second kappa shape index (κ2) is 6.12. The molecule has 0 spiro atoms. The maximum atomic E-state index is 11.8. The molecule has 1 amide bonds. The summed E-state index contributed by atoms with van der Waals surface area (Å²) in [5, 5.41) is 24.0. The lowest BCUT2D eigenvalue weighted by atomic mass is 10.2. The molecule has 7 heteroatoms. The van der Waals surface area contributed by atoms with Gasteiger partial charge in [-0.15, -0.1) is 5.10 Å². The van der Waals surface area contributed by atoms with Crippen molar-refractivity contribution in [2.24, 2.45) is 0 Å². The molecular formula is C13H10N6O. The SMILES string of the molecule is N#Cc1ncn(CCC(=O)Nc2ccccc2C#N)n1. The highest BCUT2D eigenvalue weighted by molar-refractivity contribution is 5.91. The molecule has 20 heavy (non-hydrogen) atoms. The van der Waals surface area contributed by atoms with E-state index >= 15 is 0 Å². The minimum absolute atomic E-state index is 0.0697. The summed E-state index contributed by atoms with van der Waals surface area (Å²) in [6.07, 6.45) is 1.57. The molecule has 0 radical (unpaired) electrons. The van der Waals surface area contributed by atoms with Gasteiger partial charge in [0.25, 0.3) is 5.82 Å². The first-order valence-electron chi connectivity index (χ1n) is 5.81. The van der Waals surface area contributed by atoms with Crippen LogP contribution < -0.4 is 5.32 Å². The lowest BCUT2D eigenvalue weighted by Gasteiger charge is -2.06. The third kappa shape index (κ3) is 3.18. The molecule has 2 aromatic rings. The van der Waals surface area contributed by atoms with Crippen molar-refractivity contribution in [3.8, 4) is 12.1 Å². The molecule has 0 aliphatic heterocycles. The summed E-state index contributed by atoms with van der Waals surface area (Å²) in [6, 6.07) is 10.6. The zero-order valence-electron chi connectivity index (χ0n) is 10.4. The number of hydrogen-bond acceptors (Lipinski definition) is 5. The van der Waals surface area contributed by atoms with Gasteiger partial charge in [-0.1, -0.05) is 12.1 Å². The predicted octanol–water partition coefficient (Wildman–Crippen LogP) is 1.05. The van der Waals surface area contributed by atoms with Crippen molar-refractivity contribution in [2.45, 2.75) is 13.0 Å². The van der Waals surface area contributed by atoms with Crippen LogP contribution in [0.2, 0.25) is 0 Å². The van der Waals surface area contributed by atoms with Crippen LogP contribution in [0.5, 0.6) is 0 Å². The largest absolute Gasteiger partial charge is 0.325 e. The van der Waals surface area contributed by atoms with Crippen LogP contribution in [0.4, 0.5) is 5.69 Å². The average molecular weight is 266 g/mol. The lowest BCUT2D eigenvalue weighted by Crippen LogP contribution is -2.15. The van der Waals surface area contributed by atoms with Gasteiger partial charge < -0.3 is 5.32 Å². The van der Waals surface area contributed by atoms with Gasteiger partial charge in [0.1, 0.15) is 18.5 Å². The number of nitrogens with one attached hydrogen (secondary N) is 1. The normalized spacial score (nSPS) is 9.50. The van der Waals surface area contributed by atoms with Gasteiger partial charge in [-0.2, -0.15) is 10.5 Å². The van der Waals surface area contributed by atoms with Crippen LogP contribution in [0.3, 0.4) is 0 Å². The smallest absolute Gasteiger partial charge is 0.252 e. The number of benzene rings is 1. The van der Waals surface area contributed by atoms with E-state index in [1.807, 2.05) is 12.1 Å². The number of amides is 1. The van der Waals surface area contributed by atoms with E-state index in [9.17, 15) is 4.79 Å². The van der Waals surface area contributed by atoms with E-state index < -0.39 is 0 Å². The van der Waals surface area contributed by atoms with Crippen LogP contribution in [0.1, 0.15) is 17.8 Å². The summed E-state index contributed by atoms with van der Waals surface area (Å²) in [5.41, 5.74) is 0.893. The van der Waals surface area contributed by atoms with Gasteiger partial charge in [0.2, 0.25) is 5.91 Å². The van der Waals surface area contributed by atoms with Crippen molar-refractivity contribution in [3.05, 3.63) is 42.0 Å². The molecular weight excluding hydrogens is 256 g/mol. The fraction of sp³-hybridized carbons (Fsp3) is 0.154. The molecule has 1 heterocycles. The standard InChI is InChI=1S/C13H10N6O/c14-7-10-3-1-2-4-11(10)17-13(20)5-6-19-9-16-12(8-15)18-19/h1-4,9H,5-6H2,(H,17,20). The third-order valence-electron chi connectivity index (χ3n) is 2.53. The number of aryl methyl sites for hydroxylation is 1. The third-order valence-corrected chi connectivity index (χ3v) is 2.53. The zero-order chi connectivity index (χ0) is 14.4. The Labute approximate surface area is 115 Å². The van der Waals surface area contributed by atoms with Crippen LogP contribution in [-0.4, -0.2) is 20.7 Å². The first-order chi connectivity index (χ1) is 9.72. The van der Waals surface area contributed by atoms with Crippen molar-refractivity contribution in [2.75, 3.05) is 5.32 Å². The molecule has 0 unspecified atom stereocenters. The van der Waals surface area contributed by atoms with Gasteiger partial charge in [-0.05, 0) is 12.1 Å². The van der Waals surface area contributed by atoms with Crippen LogP contribution in [-0.2, 0) is 11.3 Å². The Hall–Kier alpha value is -3.19. The molecule has 7 nitrogen and oxygen atoms in total. The van der Waals surface area contributed by atoms with E-state index in [4.69, 9.17) is 10.5 Å². The van der Waals surface area contributed by atoms with Crippen molar-refractivity contribution in [1.29, 1.82) is 10.5 Å². The molecule has 0 aliphatic rings. The summed E-state index contributed by atoms with van der Waals surface area (Å²) in [5.74, 6) is -0.165. The highest BCUT2D eigenvalue weighted by Crippen LogP contribution is 2.13. The van der Waals surface area contributed by atoms with E-state index in [2.05, 4.69) is 15.4 Å². The monoisotopic (exact) mass is 266 g/mol. The highest BCUT2D eigenvalue weighted by Gasteiger charge is 2.07. The Balaban J connectivity index is 1.93. The summed E-state index contributed by atoms with van der Waals surface area (Å²) < 4.78 is 1.42. The molecule has 0 bridgehead atoms. The maximum Gasteiger partial charge on any atom is 0.252 e. The number of nitriles is 2. The van der Waals surface area contributed by atoms with Crippen LogP contribution in [0.15, 0.2) is 30.6 Å². The first-order valence-corrected chi connectivity index (χ1v) is 5.81. The molecule has 1 aromatic heterocycles. The molecule has 0 atom stereocenters. The molecule has 98 valence electrons. The number of aromatic nitrogens is 3. The molecule has 0 fully saturated rings. The average Bonchev–Trinajstić information content (AvgIpc) is 2.94.